The maximum atomic E-state index is 12.1. The highest BCUT2D eigenvalue weighted by atomic mass is 19.4. The zero-order valence-corrected chi connectivity index (χ0v) is 12.3. The minimum atomic E-state index is -4.20. The van der Waals surface area contributed by atoms with Gasteiger partial charge in [0.15, 0.2) is 0 Å². The first-order chi connectivity index (χ1) is 9.99. The van der Waals surface area contributed by atoms with Crippen molar-refractivity contribution in [3.8, 4) is 0 Å². The van der Waals surface area contributed by atoms with E-state index in [2.05, 4.69) is 5.32 Å². The molecular weight excluding hydrogens is 299 g/mol. The predicted octanol–water partition coefficient (Wildman–Crippen LogP) is 3.62. The number of hydrogen-bond donors (Lipinski definition) is 2. The van der Waals surface area contributed by atoms with Gasteiger partial charge in [-0.05, 0) is 38.0 Å². The van der Waals surface area contributed by atoms with E-state index in [0.29, 0.717) is 11.3 Å². The number of anilines is 1. The summed E-state index contributed by atoms with van der Waals surface area (Å²) in [6, 6.07) is 6.00. The number of benzene rings is 1. The van der Waals surface area contributed by atoms with Gasteiger partial charge in [-0.15, -0.1) is 0 Å². The monoisotopic (exact) mass is 317 g/mol. The summed E-state index contributed by atoms with van der Waals surface area (Å²) in [5, 5.41) is 11.5. The Morgan fingerprint density at radius 3 is 2.14 bits per heavy atom. The molecule has 0 fully saturated rings. The van der Waals surface area contributed by atoms with Crippen LogP contribution < -0.4 is 5.32 Å². The second kappa shape index (κ2) is 6.81. The van der Waals surface area contributed by atoms with Crippen LogP contribution in [0.15, 0.2) is 24.3 Å². The van der Waals surface area contributed by atoms with Crippen molar-refractivity contribution < 1.29 is 27.9 Å². The molecule has 0 unspecified atom stereocenters. The van der Waals surface area contributed by atoms with E-state index in [1.165, 1.54) is 38.1 Å². The fourth-order valence-corrected chi connectivity index (χ4v) is 1.72. The number of amides is 1. The number of carboxylic acids is 1. The third-order valence-electron chi connectivity index (χ3n) is 3.12. The molecule has 122 valence electrons. The van der Waals surface area contributed by atoms with E-state index in [9.17, 15) is 22.8 Å². The lowest BCUT2D eigenvalue weighted by atomic mass is 9.89. The van der Waals surface area contributed by atoms with Crippen molar-refractivity contribution in [2.75, 3.05) is 5.32 Å². The molecule has 0 saturated heterocycles. The molecule has 0 atom stereocenters. The Bertz CT molecular complexity index is 536. The quantitative estimate of drug-likeness (QED) is 0.842. The van der Waals surface area contributed by atoms with Crippen LogP contribution in [0.1, 0.15) is 32.3 Å². The second-order valence-corrected chi connectivity index (χ2v) is 5.73. The number of carbonyl (C=O) groups excluding carboxylic acids is 1. The number of aliphatic carboxylic acids is 1. The first kappa shape index (κ1) is 18.0. The highest BCUT2D eigenvalue weighted by Crippen LogP contribution is 2.23. The molecule has 0 aliphatic carbocycles. The lowest BCUT2D eigenvalue weighted by molar-refractivity contribution is -0.149. The maximum Gasteiger partial charge on any atom is 0.389 e. The first-order valence-corrected chi connectivity index (χ1v) is 6.68. The number of alkyl halides is 3. The number of nitrogens with one attached hydrogen (secondary N) is 1. The normalized spacial score (nSPS) is 12.0. The standard InChI is InChI=1S/C15H18F3NO3/c1-14(2,13(21)22)9-12(20)19-11-5-3-10(4-6-11)7-8-15(16,17)18/h3-6H,7-9H2,1-2H3,(H,19,20)(H,21,22). The van der Waals surface area contributed by atoms with E-state index < -0.39 is 29.9 Å². The van der Waals surface area contributed by atoms with E-state index in [0.717, 1.165) is 0 Å². The fourth-order valence-electron chi connectivity index (χ4n) is 1.72. The molecule has 1 aromatic rings. The van der Waals surface area contributed by atoms with Crippen molar-refractivity contribution in [2.24, 2.45) is 5.41 Å². The summed E-state index contributed by atoms with van der Waals surface area (Å²) in [6.45, 7) is 2.88. The Morgan fingerprint density at radius 1 is 1.14 bits per heavy atom. The molecule has 7 heteroatoms. The number of aryl methyl sites for hydroxylation is 1. The number of rotatable bonds is 6. The summed E-state index contributed by atoms with van der Waals surface area (Å²) >= 11 is 0. The lowest BCUT2D eigenvalue weighted by Gasteiger charge is -2.18. The minimum absolute atomic E-state index is 0.121. The highest BCUT2D eigenvalue weighted by molar-refractivity contribution is 5.94. The molecule has 1 rings (SSSR count). The summed E-state index contributed by atoms with van der Waals surface area (Å²) in [5.41, 5.74) is -0.250. The molecule has 0 bridgehead atoms. The molecule has 1 aromatic carbocycles. The topological polar surface area (TPSA) is 66.4 Å². The molecule has 0 heterocycles. The van der Waals surface area contributed by atoms with E-state index in [4.69, 9.17) is 5.11 Å². The van der Waals surface area contributed by atoms with Crippen LogP contribution in [0.25, 0.3) is 0 Å². The van der Waals surface area contributed by atoms with Crippen molar-refractivity contribution in [1.29, 1.82) is 0 Å². The van der Waals surface area contributed by atoms with Gasteiger partial charge >= 0.3 is 12.1 Å². The van der Waals surface area contributed by atoms with E-state index in [1.54, 1.807) is 0 Å². The zero-order chi connectivity index (χ0) is 17.0. The molecule has 4 nitrogen and oxygen atoms in total. The number of carboxylic acid groups (broad SMARTS) is 1. The van der Waals surface area contributed by atoms with Crippen LogP contribution in [0.4, 0.5) is 18.9 Å². The van der Waals surface area contributed by atoms with Crippen molar-refractivity contribution in [3.63, 3.8) is 0 Å². The predicted molar refractivity (Wildman–Crippen MR) is 75.5 cm³/mol. The minimum Gasteiger partial charge on any atom is -0.481 e. The SMILES string of the molecule is CC(C)(CC(=O)Nc1ccc(CCC(F)(F)F)cc1)C(=O)O. The molecule has 0 aromatic heterocycles. The van der Waals surface area contributed by atoms with Crippen LogP contribution >= 0.6 is 0 Å². The van der Waals surface area contributed by atoms with Gasteiger partial charge in [0.2, 0.25) is 5.91 Å². The molecule has 0 spiro atoms. The largest absolute Gasteiger partial charge is 0.481 e. The molecule has 1 amide bonds. The average molecular weight is 317 g/mol. The third kappa shape index (κ3) is 6.15. The molecule has 0 radical (unpaired) electrons. The smallest absolute Gasteiger partial charge is 0.389 e. The fraction of sp³-hybridized carbons (Fsp3) is 0.467. The number of halogens is 3. The van der Waals surface area contributed by atoms with Crippen molar-refractivity contribution in [3.05, 3.63) is 29.8 Å². The molecule has 2 N–H and O–H groups in total. The Morgan fingerprint density at radius 2 is 1.68 bits per heavy atom. The summed E-state index contributed by atoms with van der Waals surface area (Å²) < 4.78 is 36.3. The summed E-state index contributed by atoms with van der Waals surface area (Å²) in [4.78, 5) is 22.7. The van der Waals surface area contributed by atoms with Gasteiger partial charge < -0.3 is 10.4 Å². The van der Waals surface area contributed by atoms with Gasteiger partial charge in [0, 0.05) is 18.5 Å². The van der Waals surface area contributed by atoms with Crippen molar-refractivity contribution in [1.82, 2.24) is 0 Å². The third-order valence-corrected chi connectivity index (χ3v) is 3.12. The maximum absolute atomic E-state index is 12.1. The van der Waals surface area contributed by atoms with Crippen LogP contribution in [0, 0.1) is 5.41 Å². The van der Waals surface area contributed by atoms with Gasteiger partial charge in [-0.2, -0.15) is 13.2 Å². The van der Waals surface area contributed by atoms with Crippen molar-refractivity contribution >= 4 is 17.6 Å². The Hall–Kier alpha value is -2.05. The van der Waals surface area contributed by atoms with Crippen LogP contribution in [-0.4, -0.2) is 23.2 Å². The first-order valence-electron chi connectivity index (χ1n) is 6.68. The van der Waals surface area contributed by atoms with E-state index in [-0.39, 0.29) is 12.8 Å². The lowest BCUT2D eigenvalue weighted by Crippen LogP contribution is -2.29. The van der Waals surface area contributed by atoms with Gasteiger partial charge in [0.25, 0.3) is 0 Å². The molecule has 22 heavy (non-hydrogen) atoms. The van der Waals surface area contributed by atoms with Gasteiger partial charge in [0.1, 0.15) is 0 Å². The van der Waals surface area contributed by atoms with E-state index >= 15 is 0 Å². The Labute approximate surface area is 126 Å². The highest BCUT2D eigenvalue weighted by Gasteiger charge is 2.30. The number of hydrogen-bond acceptors (Lipinski definition) is 2. The Kier molecular flexibility index (Phi) is 5.57. The van der Waals surface area contributed by atoms with Gasteiger partial charge in [-0.1, -0.05) is 12.1 Å². The van der Waals surface area contributed by atoms with Gasteiger partial charge in [-0.25, -0.2) is 0 Å². The number of carbonyl (C=O) groups is 2. The van der Waals surface area contributed by atoms with Crippen LogP contribution in [0.5, 0.6) is 0 Å². The molecule has 0 saturated carbocycles. The Balaban J connectivity index is 2.57. The van der Waals surface area contributed by atoms with Crippen LogP contribution in [0.3, 0.4) is 0 Å². The summed E-state index contributed by atoms with van der Waals surface area (Å²) in [7, 11) is 0. The van der Waals surface area contributed by atoms with Crippen LogP contribution in [-0.2, 0) is 16.0 Å². The zero-order valence-electron chi connectivity index (χ0n) is 12.3. The summed E-state index contributed by atoms with van der Waals surface area (Å²) in [6.07, 6.45) is -5.41. The average Bonchev–Trinajstić information content (AvgIpc) is 2.36. The van der Waals surface area contributed by atoms with E-state index in [1.807, 2.05) is 0 Å². The molecule has 0 aliphatic heterocycles. The van der Waals surface area contributed by atoms with Crippen molar-refractivity contribution in [2.45, 2.75) is 39.3 Å². The van der Waals surface area contributed by atoms with Crippen LogP contribution in [0.2, 0.25) is 0 Å². The molecule has 0 aliphatic rings. The summed E-state index contributed by atoms with van der Waals surface area (Å²) in [5.74, 6) is -1.54. The van der Waals surface area contributed by atoms with Gasteiger partial charge in [-0.3, -0.25) is 9.59 Å². The molecular formula is C15H18F3NO3. The second-order valence-electron chi connectivity index (χ2n) is 5.73. The van der Waals surface area contributed by atoms with Gasteiger partial charge in [0.05, 0.1) is 5.41 Å².